The molecule has 1 aromatic heterocycles. The summed E-state index contributed by atoms with van der Waals surface area (Å²) in [6.07, 6.45) is 7.10. The van der Waals surface area contributed by atoms with Crippen LogP contribution < -0.4 is 11.1 Å². The Morgan fingerprint density at radius 1 is 1.40 bits per heavy atom. The Balaban J connectivity index is 2.18. The molecule has 0 radical (unpaired) electrons. The number of aromatic nitrogens is 1. The van der Waals surface area contributed by atoms with Crippen molar-refractivity contribution in [1.29, 1.82) is 0 Å². The largest absolute Gasteiger partial charge is 0.366 e. The number of nitrogens with one attached hydrogen (secondary N) is 1. The lowest BCUT2D eigenvalue weighted by atomic mass is 10.1. The molecule has 6 nitrogen and oxygen atoms in total. The van der Waals surface area contributed by atoms with Gasteiger partial charge in [0.25, 0.3) is 0 Å². The van der Waals surface area contributed by atoms with Crippen LogP contribution in [0.25, 0.3) is 5.70 Å². The molecule has 104 valence electrons. The summed E-state index contributed by atoms with van der Waals surface area (Å²) in [4.78, 5) is 25.6. The van der Waals surface area contributed by atoms with Crippen molar-refractivity contribution in [3.8, 4) is 0 Å². The van der Waals surface area contributed by atoms with Crippen molar-refractivity contribution >= 4 is 17.9 Å². The Morgan fingerprint density at radius 3 is 2.80 bits per heavy atom. The van der Waals surface area contributed by atoms with Gasteiger partial charge in [-0.2, -0.15) is 0 Å². The molecule has 2 heterocycles. The van der Waals surface area contributed by atoms with Gasteiger partial charge in [-0.05, 0) is 24.3 Å². The molecule has 20 heavy (non-hydrogen) atoms. The van der Waals surface area contributed by atoms with E-state index in [2.05, 4.69) is 10.3 Å². The van der Waals surface area contributed by atoms with Crippen LogP contribution in [0.15, 0.2) is 42.3 Å². The molecule has 0 unspecified atom stereocenters. The summed E-state index contributed by atoms with van der Waals surface area (Å²) in [6, 6.07) is 3.68. The van der Waals surface area contributed by atoms with Gasteiger partial charge in [-0.3, -0.25) is 9.78 Å². The number of aldehydes is 1. The van der Waals surface area contributed by atoms with Crippen molar-refractivity contribution < 1.29 is 14.3 Å². The topological polar surface area (TPSA) is 94.3 Å². The highest BCUT2D eigenvalue weighted by Crippen LogP contribution is 2.19. The van der Waals surface area contributed by atoms with Crippen LogP contribution >= 0.6 is 0 Å². The number of pyridine rings is 1. The number of dihydropyridines is 1. The van der Waals surface area contributed by atoms with Crippen LogP contribution in [0.2, 0.25) is 0 Å². The number of hydrogen-bond donors (Lipinski definition) is 2. The zero-order valence-electron chi connectivity index (χ0n) is 10.8. The molecule has 0 spiro atoms. The summed E-state index contributed by atoms with van der Waals surface area (Å²) < 4.78 is 5.48. The number of nitrogens with zero attached hydrogens (tertiary/aromatic N) is 1. The van der Waals surface area contributed by atoms with E-state index in [1.54, 1.807) is 24.5 Å². The third-order valence-electron chi connectivity index (χ3n) is 2.79. The van der Waals surface area contributed by atoms with Crippen molar-refractivity contribution in [1.82, 2.24) is 10.3 Å². The molecule has 0 bridgehead atoms. The molecular formula is C14H15N3O3. The number of hydrogen-bond acceptors (Lipinski definition) is 5. The molecular weight excluding hydrogens is 258 g/mol. The molecule has 2 rings (SSSR count). The molecule has 0 aromatic carbocycles. The van der Waals surface area contributed by atoms with Crippen LogP contribution in [0.4, 0.5) is 0 Å². The van der Waals surface area contributed by atoms with Crippen LogP contribution in [0.5, 0.6) is 0 Å². The van der Waals surface area contributed by atoms with Gasteiger partial charge in [0, 0.05) is 30.1 Å². The molecule has 1 amide bonds. The molecule has 0 aliphatic carbocycles. The monoisotopic (exact) mass is 273 g/mol. The van der Waals surface area contributed by atoms with E-state index in [9.17, 15) is 9.59 Å². The minimum Gasteiger partial charge on any atom is -0.366 e. The second-order valence-corrected chi connectivity index (χ2v) is 4.15. The lowest BCUT2D eigenvalue weighted by Crippen LogP contribution is -2.39. The van der Waals surface area contributed by atoms with E-state index in [0.717, 1.165) is 17.5 Å². The minimum atomic E-state index is -0.652. The Hall–Kier alpha value is -2.47. The molecule has 0 saturated heterocycles. The number of rotatable bonds is 6. The second-order valence-electron chi connectivity index (χ2n) is 4.15. The molecule has 0 saturated carbocycles. The SMILES string of the molecule is NC(=O)C1=CC=C(c2ccncc2)N[C@H]1OCCC=O. The van der Waals surface area contributed by atoms with Crippen LogP contribution in [0.3, 0.4) is 0 Å². The van der Waals surface area contributed by atoms with Gasteiger partial charge in [-0.25, -0.2) is 0 Å². The highest BCUT2D eigenvalue weighted by molar-refractivity contribution is 5.94. The van der Waals surface area contributed by atoms with Crippen molar-refractivity contribution in [2.24, 2.45) is 5.73 Å². The van der Waals surface area contributed by atoms with Crippen LogP contribution in [-0.2, 0) is 14.3 Å². The maximum absolute atomic E-state index is 11.4. The molecule has 6 heteroatoms. The van der Waals surface area contributed by atoms with Gasteiger partial charge in [-0.1, -0.05) is 0 Å². The fraction of sp³-hybridized carbons (Fsp3) is 0.214. The first-order valence-corrected chi connectivity index (χ1v) is 6.16. The fourth-order valence-electron chi connectivity index (χ4n) is 1.82. The van der Waals surface area contributed by atoms with E-state index in [-0.39, 0.29) is 13.0 Å². The van der Waals surface area contributed by atoms with E-state index in [1.165, 1.54) is 0 Å². The Labute approximate surface area is 116 Å². The van der Waals surface area contributed by atoms with E-state index in [1.807, 2.05) is 12.1 Å². The predicted octanol–water partition coefficient (Wildman–Crippen LogP) is 0.369. The lowest BCUT2D eigenvalue weighted by molar-refractivity contribution is -0.116. The minimum absolute atomic E-state index is 0.218. The van der Waals surface area contributed by atoms with Gasteiger partial charge in [0.05, 0.1) is 12.2 Å². The Kier molecular flexibility index (Phi) is 4.62. The standard InChI is InChI=1S/C14H15N3O3/c15-13(19)11-2-3-12(10-4-6-16-7-5-10)17-14(11)20-9-1-8-18/h2-8,14,17H,1,9H2,(H2,15,19)/t14-/m0/s1. The summed E-state index contributed by atoms with van der Waals surface area (Å²) in [5.74, 6) is -0.557. The third kappa shape index (κ3) is 3.30. The quantitative estimate of drug-likeness (QED) is 0.577. The lowest BCUT2D eigenvalue weighted by Gasteiger charge is -2.26. The number of allylic oxidation sites excluding steroid dienone is 2. The van der Waals surface area contributed by atoms with E-state index < -0.39 is 12.1 Å². The van der Waals surface area contributed by atoms with Crippen LogP contribution in [0.1, 0.15) is 12.0 Å². The van der Waals surface area contributed by atoms with Gasteiger partial charge in [0.1, 0.15) is 6.29 Å². The normalized spacial score (nSPS) is 17.7. The third-order valence-corrected chi connectivity index (χ3v) is 2.79. The zero-order valence-corrected chi connectivity index (χ0v) is 10.8. The Bertz CT molecular complexity index is 552. The van der Waals surface area contributed by atoms with Crippen molar-refractivity contribution in [3.05, 3.63) is 47.8 Å². The molecule has 1 aliphatic heterocycles. The van der Waals surface area contributed by atoms with Crippen molar-refractivity contribution in [3.63, 3.8) is 0 Å². The van der Waals surface area contributed by atoms with Gasteiger partial charge in [-0.15, -0.1) is 0 Å². The maximum atomic E-state index is 11.4. The smallest absolute Gasteiger partial charge is 0.249 e. The first kappa shape index (κ1) is 14.0. The number of carbonyl (C=O) groups excluding carboxylic acids is 2. The zero-order chi connectivity index (χ0) is 14.4. The fourth-order valence-corrected chi connectivity index (χ4v) is 1.82. The highest BCUT2D eigenvalue weighted by Gasteiger charge is 2.23. The molecule has 3 N–H and O–H groups in total. The van der Waals surface area contributed by atoms with E-state index in [4.69, 9.17) is 10.5 Å². The number of ether oxygens (including phenoxy) is 1. The number of amides is 1. The van der Waals surface area contributed by atoms with Crippen LogP contribution in [-0.4, -0.2) is 30.0 Å². The van der Waals surface area contributed by atoms with E-state index >= 15 is 0 Å². The number of primary amides is 1. The molecule has 0 fully saturated rings. The predicted molar refractivity (Wildman–Crippen MR) is 73.0 cm³/mol. The highest BCUT2D eigenvalue weighted by atomic mass is 16.5. The molecule has 1 atom stereocenters. The van der Waals surface area contributed by atoms with Crippen LogP contribution in [0, 0.1) is 0 Å². The summed E-state index contributed by atoms with van der Waals surface area (Å²) in [5.41, 5.74) is 7.36. The first-order valence-electron chi connectivity index (χ1n) is 6.16. The second kappa shape index (κ2) is 6.63. The average molecular weight is 273 g/mol. The van der Waals surface area contributed by atoms with Gasteiger partial charge < -0.3 is 20.6 Å². The molecule has 1 aromatic rings. The maximum Gasteiger partial charge on any atom is 0.249 e. The van der Waals surface area contributed by atoms with Crippen molar-refractivity contribution in [2.75, 3.05) is 6.61 Å². The summed E-state index contributed by atoms with van der Waals surface area (Å²) in [6.45, 7) is 0.218. The van der Waals surface area contributed by atoms with E-state index in [0.29, 0.717) is 5.57 Å². The van der Waals surface area contributed by atoms with Gasteiger partial charge in [0.15, 0.2) is 6.23 Å². The average Bonchev–Trinajstić information content (AvgIpc) is 2.48. The summed E-state index contributed by atoms with van der Waals surface area (Å²) >= 11 is 0. The molecule has 1 aliphatic rings. The Morgan fingerprint density at radius 2 is 2.15 bits per heavy atom. The van der Waals surface area contributed by atoms with Crippen molar-refractivity contribution in [2.45, 2.75) is 12.6 Å². The first-order chi connectivity index (χ1) is 9.72. The van der Waals surface area contributed by atoms with Gasteiger partial charge >= 0.3 is 0 Å². The van der Waals surface area contributed by atoms with Gasteiger partial charge in [0.2, 0.25) is 5.91 Å². The summed E-state index contributed by atoms with van der Waals surface area (Å²) in [5, 5.41) is 3.09. The number of nitrogens with two attached hydrogens (primary N) is 1. The number of carbonyl (C=O) groups is 2. The summed E-state index contributed by atoms with van der Waals surface area (Å²) in [7, 11) is 0.